The fourth-order valence-electron chi connectivity index (χ4n) is 2.64. The molecule has 4 aromatic rings. The van der Waals surface area contributed by atoms with E-state index in [4.69, 9.17) is 23.2 Å². The minimum atomic E-state index is -0.136. The van der Waals surface area contributed by atoms with Crippen LogP contribution in [0.5, 0.6) is 0 Å². The second kappa shape index (κ2) is 7.45. The molecule has 0 fully saturated rings. The van der Waals surface area contributed by atoms with Gasteiger partial charge in [0.1, 0.15) is 4.83 Å². The minimum Gasteiger partial charge on any atom is -0.301 e. The van der Waals surface area contributed by atoms with Gasteiger partial charge in [-0.1, -0.05) is 71.4 Å². The van der Waals surface area contributed by atoms with Gasteiger partial charge >= 0.3 is 0 Å². The Morgan fingerprint density at radius 2 is 1.77 bits per heavy atom. The summed E-state index contributed by atoms with van der Waals surface area (Å²) < 4.78 is 0. The van der Waals surface area contributed by atoms with E-state index < -0.39 is 0 Å². The van der Waals surface area contributed by atoms with Crippen LogP contribution in [0.3, 0.4) is 0 Å². The zero-order chi connectivity index (χ0) is 18.1. The van der Waals surface area contributed by atoms with E-state index in [0.717, 1.165) is 21.5 Å². The largest absolute Gasteiger partial charge is 0.301 e. The van der Waals surface area contributed by atoms with Crippen LogP contribution in [-0.4, -0.2) is 9.97 Å². The molecule has 0 spiro atoms. The van der Waals surface area contributed by atoms with Crippen molar-refractivity contribution in [2.75, 3.05) is 0 Å². The molecule has 0 radical (unpaired) electrons. The number of nitrogens with zero attached hydrogens (tertiary/aromatic N) is 1. The van der Waals surface area contributed by atoms with Gasteiger partial charge in [-0.05, 0) is 23.3 Å². The van der Waals surface area contributed by atoms with Gasteiger partial charge in [-0.2, -0.15) is 0 Å². The smallest absolute Gasteiger partial charge is 0.260 e. The maximum absolute atomic E-state index is 12.6. The molecule has 4 rings (SSSR count). The first-order valence-corrected chi connectivity index (χ1v) is 10.4. The number of fused-ring (bicyclic) bond motifs is 1. The third kappa shape index (κ3) is 3.40. The Labute approximate surface area is 168 Å². The fourth-order valence-corrected chi connectivity index (χ4v) is 5.25. The number of nitrogens with one attached hydrogen (secondary N) is 1. The summed E-state index contributed by atoms with van der Waals surface area (Å²) in [6.45, 7) is 0. The van der Waals surface area contributed by atoms with Crippen LogP contribution in [0.2, 0.25) is 10.0 Å². The SMILES string of the molecule is O=c1[nH]c(SCc2c(Cl)cccc2Cl)nc2scc(-c3ccccc3)c12. The van der Waals surface area contributed by atoms with Gasteiger partial charge in [0.05, 0.1) is 5.39 Å². The van der Waals surface area contributed by atoms with E-state index in [-0.39, 0.29) is 5.56 Å². The maximum atomic E-state index is 12.6. The zero-order valence-electron chi connectivity index (χ0n) is 13.3. The highest BCUT2D eigenvalue weighted by atomic mass is 35.5. The van der Waals surface area contributed by atoms with Crippen LogP contribution in [0.15, 0.2) is 63.9 Å². The van der Waals surface area contributed by atoms with E-state index in [0.29, 0.717) is 26.3 Å². The molecule has 26 heavy (non-hydrogen) atoms. The molecular formula is C19H12Cl2N2OS2. The number of benzene rings is 2. The molecule has 0 aliphatic rings. The second-order valence-electron chi connectivity index (χ2n) is 5.56. The lowest BCUT2D eigenvalue weighted by Gasteiger charge is -2.06. The van der Waals surface area contributed by atoms with E-state index in [1.54, 1.807) is 12.1 Å². The van der Waals surface area contributed by atoms with E-state index in [1.165, 1.54) is 23.1 Å². The minimum absolute atomic E-state index is 0.136. The van der Waals surface area contributed by atoms with Crippen LogP contribution in [0, 0.1) is 0 Å². The van der Waals surface area contributed by atoms with Gasteiger partial charge in [0.25, 0.3) is 5.56 Å². The van der Waals surface area contributed by atoms with Crippen molar-refractivity contribution in [2.24, 2.45) is 0 Å². The molecule has 1 N–H and O–H groups in total. The summed E-state index contributed by atoms with van der Waals surface area (Å²) in [4.78, 5) is 20.8. The Bertz CT molecular complexity index is 1120. The monoisotopic (exact) mass is 418 g/mol. The molecule has 0 saturated carbocycles. The van der Waals surface area contributed by atoms with Gasteiger partial charge in [-0.15, -0.1) is 11.3 Å². The number of aromatic amines is 1. The molecule has 0 amide bonds. The number of thioether (sulfide) groups is 1. The van der Waals surface area contributed by atoms with E-state index >= 15 is 0 Å². The number of thiophene rings is 1. The van der Waals surface area contributed by atoms with Crippen LogP contribution < -0.4 is 5.56 Å². The Morgan fingerprint density at radius 1 is 1.04 bits per heavy atom. The zero-order valence-corrected chi connectivity index (χ0v) is 16.5. The molecular weight excluding hydrogens is 407 g/mol. The van der Waals surface area contributed by atoms with Crippen LogP contribution >= 0.6 is 46.3 Å². The summed E-state index contributed by atoms with van der Waals surface area (Å²) >= 11 is 15.3. The molecule has 7 heteroatoms. The normalized spacial score (nSPS) is 11.2. The Hall–Kier alpha value is -1.79. The first kappa shape index (κ1) is 17.6. The van der Waals surface area contributed by atoms with Gasteiger partial charge in [0.2, 0.25) is 0 Å². The maximum Gasteiger partial charge on any atom is 0.260 e. The van der Waals surface area contributed by atoms with E-state index in [1.807, 2.05) is 41.8 Å². The summed E-state index contributed by atoms with van der Waals surface area (Å²) in [7, 11) is 0. The van der Waals surface area contributed by atoms with Gasteiger partial charge in [-0.25, -0.2) is 4.98 Å². The van der Waals surface area contributed by atoms with Crippen LogP contribution in [0.25, 0.3) is 21.3 Å². The molecule has 0 aliphatic heterocycles. The molecule has 0 unspecified atom stereocenters. The first-order chi connectivity index (χ1) is 12.6. The molecule has 0 atom stereocenters. The average molecular weight is 419 g/mol. The number of aromatic nitrogens is 2. The van der Waals surface area contributed by atoms with Crippen molar-refractivity contribution >= 4 is 56.5 Å². The topological polar surface area (TPSA) is 45.8 Å². The Balaban J connectivity index is 1.68. The van der Waals surface area contributed by atoms with Crippen molar-refractivity contribution in [3.8, 4) is 11.1 Å². The van der Waals surface area contributed by atoms with Crippen LogP contribution in [0.1, 0.15) is 5.56 Å². The van der Waals surface area contributed by atoms with Crippen molar-refractivity contribution in [2.45, 2.75) is 10.9 Å². The highest BCUT2D eigenvalue weighted by Gasteiger charge is 2.14. The molecule has 0 saturated heterocycles. The van der Waals surface area contributed by atoms with Gasteiger partial charge < -0.3 is 4.98 Å². The third-order valence-corrected chi connectivity index (χ3v) is 6.40. The molecule has 3 nitrogen and oxygen atoms in total. The Morgan fingerprint density at radius 3 is 2.50 bits per heavy atom. The molecule has 2 aromatic carbocycles. The van der Waals surface area contributed by atoms with Crippen molar-refractivity contribution in [1.29, 1.82) is 0 Å². The van der Waals surface area contributed by atoms with Crippen molar-refractivity contribution in [1.82, 2.24) is 9.97 Å². The first-order valence-electron chi connectivity index (χ1n) is 7.76. The predicted octanol–water partition coefficient (Wildman–Crippen LogP) is 6.25. The predicted molar refractivity (Wildman–Crippen MR) is 112 cm³/mol. The Kier molecular flexibility index (Phi) is 5.05. The fraction of sp³-hybridized carbons (Fsp3) is 0.0526. The van der Waals surface area contributed by atoms with Gasteiger partial charge in [-0.3, -0.25) is 4.79 Å². The molecule has 0 aliphatic carbocycles. The van der Waals surface area contributed by atoms with Crippen molar-refractivity contribution < 1.29 is 0 Å². The summed E-state index contributed by atoms with van der Waals surface area (Å²) in [5, 5.41) is 4.37. The number of rotatable bonds is 4. The molecule has 130 valence electrons. The number of hydrogen-bond donors (Lipinski definition) is 1. The van der Waals surface area contributed by atoms with E-state index in [9.17, 15) is 4.79 Å². The molecule has 2 heterocycles. The van der Waals surface area contributed by atoms with Gasteiger partial charge in [0.15, 0.2) is 5.16 Å². The quantitative estimate of drug-likeness (QED) is 0.314. The lowest BCUT2D eigenvalue weighted by molar-refractivity contribution is 0.980. The number of H-pyrrole nitrogens is 1. The molecule has 2 aromatic heterocycles. The molecule has 0 bridgehead atoms. The second-order valence-corrected chi connectivity index (χ2v) is 8.19. The lowest BCUT2D eigenvalue weighted by atomic mass is 10.1. The highest BCUT2D eigenvalue weighted by molar-refractivity contribution is 7.98. The lowest BCUT2D eigenvalue weighted by Crippen LogP contribution is -2.08. The summed E-state index contributed by atoms with van der Waals surface area (Å²) in [6, 6.07) is 15.3. The summed E-state index contributed by atoms with van der Waals surface area (Å²) in [5.41, 5.74) is 2.61. The van der Waals surface area contributed by atoms with Crippen LogP contribution in [0.4, 0.5) is 0 Å². The van der Waals surface area contributed by atoms with Crippen LogP contribution in [-0.2, 0) is 5.75 Å². The highest BCUT2D eigenvalue weighted by Crippen LogP contribution is 2.33. The summed E-state index contributed by atoms with van der Waals surface area (Å²) in [6.07, 6.45) is 0. The third-order valence-electron chi connectivity index (χ3n) is 3.92. The standard InChI is InChI=1S/C19H12Cl2N2OS2/c20-14-7-4-8-15(21)13(14)10-26-19-22-17(24)16-12(9-25-18(16)23-19)11-5-2-1-3-6-11/h1-9H,10H2,(H,22,23,24). The van der Waals surface area contributed by atoms with Crippen molar-refractivity contribution in [3.63, 3.8) is 0 Å². The number of halogens is 2. The van der Waals surface area contributed by atoms with Gasteiger partial charge in [0, 0.05) is 26.7 Å². The summed E-state index contributed by atoms with van der Waals surface area (Å²) in [5.74, 6) is 0.532. The van der Waals surface area contributed by atoms with E-state index in [2.05, 4.69) is 9.97 Å². The average Bonchev–Trinajstić information content (AvgIpc) is 3.07. The van der Waals surface area contributed by atoms with Crippen molar-refractivity contribution in [3.05, 3.63) is 79.9 Å². The number of hydrogen-bond acceptors (Lipinski definition) is 4.